The summed E-state index contributed by atoms with van der Waals surface area (Å²) in [6.07, 6.45) is 7.23. The van der Waals surface area contributed by atoms with Crippen LogP contribution in [0.5, 0.6) is 0 Å². The van der Waals surface area contributed by atoms with Crippen LogP contribution in [0.3, 0.4) is 0 Å². The van der Waals surface area contributed by atoms with Crippen molar-refractivity contribution in [3.63, 3.8) is 0 Å². The van der Waals surface area contributed by atoms with Gasteiger partial charge >= 0.3 is 6.17 Å². The van der Waals surface area contributed by atoms with Gasteiger partial charge < -0.3 is 10.8 Å². The van der Waals surface area contributed by atoms with Crippen molar-refractivity contribution in [3.8, 4) is 0 Å². The fourth-order valence-electron chi connectivity index (χ4n) is 6.93. The minimum Gasteiger partial charge on any atom is -0.390 e. The summed E-state index contributed by atoms with van der Waals surface area (Å²) in [6, 6.07) is -0.270. The number of piperidine rings is 1. The molecule has 1 saturated heterocycles. The fraction of sp³-hybridized carbons (Fsp3) is 0.889. The van der Waals surface area contributed by atoms with Gasteiger partial charge in [-0.1, -0.05) is 0 Å². The average Bonchev–Trinajstić information content (AvgIpc) is 3.14. The van der Waals surface area contributed by atoms with Crippen LogP contribution < -0.4 is 5.73 Å². The van der Waals surface area contributed by atoms with Gasteiger partial charge in [-0.3, -0.25) is 14.5 Å². The summed E-state index contributed by atoms with van der Waals surface area (Å²) in [4.78, 5) is 18.6. The standard InChI is InChI=1S/C18H25N3O2/c1-20-14-4-12-3-13(12)21(14)16(22)15(19)17-5-10-2-11(6-17)8-18(23,7-10)9-17/h10-15,23H,2-9,19H2/t10?,11?,12-,13+,14+,15?,17?,18?/m1/s1. The smallest absolute Gasteiger partial charge is 0.301 e. The maximum absolute atomic E-state index is 13.1. The van der Waals surface area contributed by atoms with Crippen LogP contribution in [0.25, 0.3) is 4.85 Å². The molecule has 6 fully saturated rings. The molecule has 0 aromatic heterocycles. The van der Waals surface area contributed by atoms with Gasteiger partial charge in [0.05, 0.1) is 11.6 Å². The maximum atomic E-state index is 13.1. The van der Waals surface area contributed by atoms with Crippen LogP contribution in [-0.2, 0) is 4.79 Å². The summed E-state index contributed by atoms with van der Waals surface area (Å²) in [6.45, 7) is 7.38. The lowest BCUT2D eigenvalue weighted by atomic mass is 9.46. The van der Waals surface area contributed by atoms with Crippen molar-refractivity contribution in [2.45, 2.75) is 75.2 Å². The number of likely N-dealkylation sites (tertiary alicyclic amines) is 1. The van der Waals surface area contributed by atoms with Crippen molar-refractivity contribution in [1.82, 2.24) is 4.90 Å². The number of aliphatic hydroxyl groups is 1. The van der Waals surface area contributed by atoms with Gasteiger partial charge in [0, 0.05) is 12.5 Å². The Morgan fingerprint density at radius 1 is 1.22 bits per heavy atom. The molecule has 3 unspecified atom stereocenters. The average molecular weight is 315 g/mol. The highest BCUT2D eigenvalue weighted by Crippen LogP contribution is 2.63. The highest BCUT2D eigenvalue weighted by atomic mass is 16.3. The second kappa shape index (κ2) is 4.29. The third kappa shape index (κ3) is 1.88. The number of carbonyl (C=O) groups excluding carboxylic acids is 1. The summed E-state index contributed by atoms with van der Waals surface area (Å²) < 4.78 is 0. The van der Waals surface area contributed by atoms with E-state index in [1.807, 2.05) is 4.90 Å². The zero-order valence-corrected chi connectivity index (χ0v) is 13.4. The summed E-state index contributed by atoms with van der Waals surface area (Å²) in [5, 5.41) is 10.9. The van der Waals surface area contributed by atoms with E-state index in [4.69, 9.17) is 12.3 Å². The van der Waals surface area contributed by atoms with E-state index in [-0.39, 0.29) is 23.5 Å². The molecule has 5 nitrogen and oxygen atoms in total. The predicted molar refractivity (Wildman–Crippen MR) is 83.8 cm³/mol. The third-order valence-corrected chi connectivity index (χ3v) is 7.48. The highest BCUT2D eigenvalue weighted by Gasteiger charge is 2.63. The molecule has 1 aliphatic heterocycles. The first-order chi connectivity index (χ1) is 10.9. The normalized spacial score (nSPS) is 53.8. The first-order valence-electron chi connectivity index (χ1n) is 9.10. The van der Waals surface area contributed by atoms with Gasteiger partial charge in [-0.25, -0.2) is 6.57 Å². The van der Waals surface area contributed by atoms with Gasteiger partial charge in [0.25, 0.3) is 0 Å². The fourth-order valence-corrected chi connectivity index (χ4v) is 6.93. The summed E-state index contributed by atoms with van der Waals surface area (Å²) in [7, 11) is 0. The molecule has 0 aromatic rings. The van der Waals surface area contributed by atoms with Crippen LogP contribution in [0, 0.1) is 29.7 Å². The molecular formula is C18H25N3O2. The minimum absolute atomic E-state index is 0.0125. The SMILES string of the molecule is [C-]#[N+][C@@H]1C[C@H]2C[C@@H]2N1C(=O)C(N)C12CC3CC(CC(O)(C3)C1)C2. The van der Waals surface area contributed by atoms with Gasteiger partial charge in [0.15, 0.2) is 0 Å². The Hall–Kier alpha value is -1.12. The Morgan fingerprint density at radius 2 is 1.91 bits per heavy atom. The van der Waals surface area contributed by atoms with E-state index in [0.29, 0.717) is 24.2 Å². The summed E-state index contributed by atoms with van der Waals surface area (Å²) in [5.41, 5.74) is 5.73. The molecule has 6 aliphatic rings. The van der Waals surface area contributed by atoms with E-state index in [2.05, 4.69) is 4.85 Å². The number of hydrogen-bond acceptors (Lipinski definition) is 3. The number of hydrogen-bond donors (Lipinski definition) is 2. The Labute approximate surface area is 137 Å². The van der Waals surface area contributed by atoms with Crippen LogP contribution >= 0.6 is 0 Å². The van der Waals surface area contributed by atoms with Gasteiger partial charge in [0.2, 0.25) is 5.91 Å². The Balaban J connectivity index is 1.43. The van der Waals surface area contributed by atoms with Gasteiger partial charge in [-0.15, -0.1) is 0 Å². The quantitative estimate of drug-likeness (QED) is 0.759. The number of fused-ring (bicyclic) bond motifs is 1. The Morgan fingerprint density at radius 3 is 2.52 bits per heavy atom. The van der Waals surface area contributed by atoms with E-state index in [1.165, 1.54) is 6.42 Å². The molecule has 1 amide bonds. The van der Waals surface area contributed by atoms with E-state index in [1.54, 1.807) is 0 Å². The van der Waals surface area contributed by atoms with Crippen molar-refractivity contribution in [1.29, 1.82) is 0 Å². The molecule has 1 heterocycles. The van der Waals surface area contributed by atoms with Gasteiger partial charge in [-0.2, -0.15) is 0 Å². The zero-order valence-electron chi connectivity index (χ0n) is 13.4. The van der Waals surface area contributed by atoms with Crippen molar-refractivity contribution in [3.05, 3.63) is 11.4 Å². The summed E-state index contributed by atoms with van der Waals surface area (Å²) >= 11 is 0. The molecule has 124 valence electrons. The topological polar surface area (TPSA) is 70.9 Å². The number of nitrogens with two attached hydrogens (primary N) is 1. The number of carbonyl (C=O) groups is 1. The largest absolute Gasteiger partial charge is 0.390 e. The molecule has 5 heteroatoms. The molecule has 6 rings (SSSR count). The van der Waals surface area contributed by atoms with Crippen molar-refractivity contribution in [2.24, 2.45) is 28.9 Å². The van der Waals surface area contributed by atoms with Gasteiger partial charge in [0.1, 0.15) is 0 Å². The van der Waals surface area contributed by atoms with Gasteiger partial charge in [-0.05, 0) is 68.1 Å². The molecule has 5 aliphatic carbocycles. The molecule has 3 N–H and O–H groups in total. The molecule has 23 heavy (non-hydrogen) atoms. The van der Waals surface area contributed by atoms with Crippen LogP contribution in [0.15, 0.2) is 0 Å². The highest BCUT2D eigenvalue weighted by molar-refractivity contribution is 5.84. The molecule has 4 bridgehead atoms. The number of rotatable bonds is 2. The van der Waals surface area contributed by atoms with E-state index in [9.17, 15) is 9.90 Å². The van der Waals surface area contributed by atoms with E-state index in [0.717, 1.165) is 38.5 Å². The van der Waals surface area contributed by atoms with Crippen LogP contribution in [0.1, 0.15) is 51.4 Å². The number of amides is 1. The van der Waals surface area contributed by atoms with Crippen LogP contribution in [0.4, 0.5) is 0 Å². The maximum Gasteiger partial charge on any atom is 0.301 e. The minimum atomic E-state index is -0.589. The second-order valence-electron chi connectivity index (χ2n) is 9.18. The first-order valence-corrected chi connectivity index (χ1v) is 9.10. The lowest BCUT2D eigenvalue weighted by Gasteiger charge is -2.61. The molecular weight excluding hydrogens is 290 g/mol. The molecule has 6 atom stereocenters. The van der Waals surface area contributed by atoms with Crippen LogP contribution in [-0.4, -0.2) is 39.8 Å². The second-order valence-corrected chi connectivity index (χ2v) is 9.18. The van der Waals surface area contributed by atoms with Crippen molar-refractivity contribution < 1.29 is 9.90 Å². The Bertz CT molecular complexity index is 598. The third-order valence-electron chi connectivity index (χ3n) is 7.48. The molecule has 0 radical (unpaired) electrons. The van der Waals surface area contributed by atoms with Crippen molar-refractivity contribution in [2.75, 3.05) is 0 Å². The van der Waals surface area contributed by atoms with E-state index < -0.39 is 11.6 Å². The van der Waals surface area contributed by atoms with E-state index >= 15 is 0 Å². The lowest BCUT2D eigenvalue weighted by Crippen LogP contribution is -2.64. The molecule has 5 saturated carbocycles. The monoisotopic (exact) mass is 315 g/mol. The molecule has 0 spiro atoms. The predicted octanol–water partition coefficient (Wildman–Crippen LogP) is 1.51. The van der Waals surface area contributed by atoms with Crippen LogP contribution in [0.2, 0.25) is 0 Å². The van der Waals surface area contributed by atoms with Crippen molar-refractivity contribution >= 4 is 5.91 Å². The Kier molecular flexibility index (Phi) is 2.65. The molecule has 0 aromatic carbocycles. The number of nitrogens with zero attached hydrogens (tertiary/aromatic N) is 2. The summed E-state index contributed by atoms with van der Waals surface area (Å²) in [5.74, 6) is 1.58. The lowest BCUT2D eigenvalue weighted by molar-refractivity contribution is -0.177. The zero-order chi connectivity index (χ0) is 16.0. The first kappa shape index (κ1) is 14.2.